The maximum atomic E-state index is 13.4. The number of halogens is 1. The van der Waals surface area contributed by atoms with Crippen LogP contribution >= 0.6 is 15.9 Å². The minimum absolute atomic E-state index is 0.0245. The molecule has 0 radical (unpaired) electrons. The van der Waals surface area contributed by atoms with Gasteiger partial charge in [0, 0.05) is 11.0 Å². The molecule has 190 valence electrons. The first-order chi connectivity index (χ1) is 17.2. The maximum absolute atomic E-state index is 13.4. The molecule has 0 saturated carbocycles. The summed E-state index contributed by atoms with van der Waals surface area (Å²) in [5.41, 5.74) is 4.77. The van der Waals surface area contributed by atoms with Crippen LogP contribution in [0, 0.1) is 6.92 Å². The van der Waals surface area contributed by atoms with Gasteiger partial charge in [-0.3, -0.25) is 4.79 Å². The molecular formula is C26H28BrN3O5S. The Balaban J connectivity index is 1.76. The number of nitrogens with zero attached hydrogens (tertiary/aromatic N) is 2. The van der Waals surface area contributed by atoms with Gasteiger partial charge in [-0.25, -0.2) is 13.8 Å². The lowest BCUT2D eigenvalue weighted by atomic mass is 10.2. The minimum Gasteiger partial charge on any atom is -0.493 e. The van der Waals surface area contributed by atoms with E-state index in [9.17, 15) is 13.2 Å². The highest BCUT2D eigenvalue weighted by Gasteiger charge is 2.27. The van der Waals surface area contributed by atoms with E-state index < -0.39 is 22.5 Å². The number of carbonyl (C=O) groups excluding carboxylic acids is 1. The van der Waals surface area contributed by atoms with Crippen molar-refractivity contribution >= 4 is 38.1 Å². The molecule has 10 heteroatoms. The number of hydrogen-bond acceptors (Lipinski definition) is 6. The molecule has 0 aromatic heterocycles. The van der Waals surface area contributed by atoms with Gasteiger partial charge in [-0.2, -0.15) is 9.41 Å². The highest BCUT2D eigenvalue weighted by Crippen LogP contribution is 2.27. The quantitative estimate of drug-likeness (QED) is 0.269. The standard InChI is InChI=1S/C26H28BrN3O5S/c1-4-35-24-14-9-21(15-25(24)34-3)16-28-29-26(31)18-30(17-20-7-10-22(27)11-8-20)36(32,33)23-12-5-19(2)6-13-23/h5-16H,4,17-18H2,1-3H3,(H,29,31)/b28-16-. The number of nitrogens with one attached hydrogen (secondary N) is 1. The van der Waals surface area contributed by atoms with E-state index in [1.165, 1.54) is 25.5 Å². The van der Waals surface area contributed by atoms with Crippen molar-refractivity contribution in [2.24, 2.45) is 5.10 Å². The van der Waals surface area contributed by atoms with Crippen LogP contribution in [0.5, 0.6) is 11.5 Å². The number of benzene rings is 3. The lowest BCUT2D eigenvalue weighted by Crippen LogP contribution is -2.39. The molecule has 0 heterocycles. The van der Waals surface area contributed by atoms with Crippen molar-refractivity contribution in [2.75, 3.05) is 20.3 Å². The third kappa shape index (κ3) is 7.39. The van der Waals surface area contributed by atoms with Gasteiger partial charge in [-0.15, -0.1) is 0 Å². The van der Waals surface area contributed by atoms with E-state index in [0.29, 0.717) is 23.7 Å². The number of hydrogen-bond donors (Lipinski definition) is 1. The maximum Gasteiger partial charge on any atom is 0.255 e. The second-order valence-electron chi connectivity index (χ2n) is 7.85. The van der Waals surface area contributed by atoms with Crippen LogP contribution in [0.1, 0.15) is 23.6 Å². The third-order valence-corrected chi connectivity index (χ3v) is 7.48. The van der Waals surface area contributed by atoms with E-state index in [4.69, 9.17) is 9.47 Å². The number of amides is 1. The SMILES string of the molecule is CCOc1ccc(/C=N\NC(=O)CN(Cc2ccc(Br)cc2)S(=O)(=O)c2ccc(C)cc2)cc1OC. The average molecular weight is 574 g/mol. The molecule has 0 aliphatic heterocycles. The van der Waals surface area contributed by atoms with Gasteiger partial charge >= 0.3 is 0 Å². The highest BCUT2D eigenvalue weighted by molar-refractivity contribution is 9.10. The molecule has 3 aromatic carbocycles. The van der Waals surface area contributed by atoms with E-state index in [1.807, 2.05) is 26.0 Å². The zero-order chi connectivity index (χ0) is 26.1. The summed E-state index contributed by atoms with van der Waals surface area (Å²) in [5, 5.41) is 3.98. The number of rotatable bonds is 11. The first kappa shape index (κ1) is 27.4. The average Bonchev–Trinajstić information content (AvgIpc) is 2.86. The summed E-state index contributed by atoms with van der Waals surface area (Å²) in [5.74, 6) is 0.569. The van der Waals surface area contributed by atoms with Gasteiger partial charge in [0.2, 0.25) is 10.0 Å². The number of ether oxygens (including phenoxy) is 2. The van der Waals surface area contributed by atoms with Crippen LogP contribution in [0.15, 0.2) is 81.2 Å². The van der Waals surface area contributed by atoms with Crippen LogP contribution in [-0.2, 0) is 21.4 Å². The molecule has 0 aliphatic rings. The highest BCUT2D eigenvalue weighted by atomic mass is 79.9. The Bertz CT molecular complexity index is 1310. The Morgan fingerprint density at radius 3 is 2.39 bits per heavy atom. The van der Waals surface area contributed by atoms with E-state index >= 15 is 0 Å². The second kappa shape index (κ2) is 12.7. The lowest BCUT2D eigenvalue weighted by molar-refractivity contribution is -0.121. The molecule has 3 rings (SSSR count). The molecule has 3 aromatic rings. The summed E-state index contributed by atoms with van der Waals surface area (Å²) in [7, 11) is -2.40. The fourth-order valence-corrected chi connectivity index (χ4v) is 4.94. The van der Waals surface area contributed by atoms with Gasteiger partial charge in [0.15, 0.2) is 11.5 Å². The normalized spacial score (nSPS) is 11.6. The molecule has 36 heavy (non-hydrogen) atoms. The van der Waals surface area contributed by atoms with E-state index in [0.717, 1.165) is 19.9 Å². The molecule has 8 nitrogen and oxygen atoms in total. The molecule has 0 bridgehead atoms. The molecule has 0 atom stereocenters. The first-order valence-electron chi connectivity index (χ1n) is 11.2. The summed E-state index contributed by atoms with van der Waals surface area (Å²) in [6, 6.07) is 19.0. The molecule has 1 N–H and O–H groups in total. The second-order valence-corrected chi connectivity index (χ2v) is 10.7. The van der Waals surface area contributed by atoms with E-state index in [1.54, 1.807) is 42.5 Å². The monoisotopic (exact) mass is 573 g/mol. The Labute approximate surface area is 220 Å². The van der Waals surface area contributed by atoms with Crippen molar-refractivity contribution < 1.29 is 22.7 Å². The van der Waals surface area contributed by atoms with Gasteiger partial charge in [-0.05, 0) is 67.4 Å². The Hall–Kier alpha value is -3.21. The van der Waals surface area contributed by atoms with Crippen molar-refractivity contribution in [2.45, 2.75) is 25.3 Å². The molecular weight excluding hydrogens is 546 g/mol. The van der Waals surface area contributed by atoms with Gasteiger partial charge in [-0.1, -0.05) is 45.8 Å². The van der Waals surface area contributed by atoms with Crippen molar-refractivity contribution in [3.8, 4) is 11.5 Å². The number of sulfonamides is 1. The zero-order valence-corrected chi connectivity index (χ0v) is 22.7. The number of carbonyl (C=O) groups is 1. The summed E-state index contributed by atoms with van der Waals surface area (Å²) < 4.78 is 39.6. The van der Waals surface area contributed by atoms with Crippen molar-refractivity contribution in [1.29, 1.82) is 0 Å². The van der Waals surface area contributed by atoms with Crippen LogP contribution in [0.4, 0.5) is 0 Å². The van der Waals surface area contributed by atoms with Crippen LogP contribution in [0.2, 0.25) is 0 Å². The predicted octanol–water partition coefficient (Wildman–Crippen LogP) is 4.51. The molecule has 0 spiro atoms. The van der Waals surface area contributed by atoms with Gasteiger partial charge < -0.3 is 9.47 Å². The number of methoxy groups -OCH3 is 1. The minimum atomic E-state index is -3.94. The van der Waals surface area contributed by atoms with Gasteiger partial charge in [0.25, 0.3) is 5.91 Å². The van der Waals surface area contributed by atoms with Crippen molar-refractivity contribution in [3.05, 3.63) is 87.9 Å². The summed E-state index contributed by atoms with van der Waals surface area (Å²) in [6.07, 6.45) is 1.45. The molecule has 0 aliphatic carbocycles. The van der Waals surface area contributed by atoms with Crippen LogP contribution in [0.25, 0.3) is 0 Å². The Kier molecular flexibility index (Phi) is 9.63. The summed E-state index contributed by atoms with van der Waals surface area (Å²) in [6.45, 7) is 3.87. The predicted molar refractivity (Wildman–Crippen MR) is 143 cm³/mol. The van der Waals surface area contributed by atoms with Crippen LogP contribution < -0.4 is 14.9 Å². The summed E-state index contributed by atoms with van der Waals surface area (Å²) in [4.78, 5) is 12.8. The number of hydrazone groups is 1. The van der Waals surface area contributed by atoms with Gasteiger partial charge in [0.05, 0.1) is 31.4 Å². The van der Waals surface area contributed by atoms with Crippen molar-refractivity contribution in [3.63, 3.8) is 0 Å². The molecule has 0 unspecified atom stereocenters. The van der Waals surface area contributed by atoms with Crippen molar-refractivity contribution in [1.82, 2.24) is 9.73 Å². The van der Waals surface area contributed by atoms with Crippen LogP contribution in [-0.4, -0.2) is 45.1 Å². The van der Waals surface area contributed by atoms with Crippen LogP contribution in [0.3, 0.4) is 0 Å². The lowest BCUT2D eigenvalue weighted by Gasteiger charge is -2.21. The van der Waals surface area contributed by atoms with Gasteiger partial charge in [0.1, 0.15) is 0 Å². The van der Waals surface area contributed by atoms with E-state index in [2.05, 4.69) is 26.5 Å². The molecule has 0 saturated heterocycles. The Morgan fingerprint density at radius 2 is 1.75 bits per heavy atom. The smallest absolute Gasteiger partial charge is 0.255 e. The Morgan fingerprint density at radius 1 is 1.06 bits per heavy atom. The number of aryl methyl sites for hydroxylation is 1. The summed E-state index contributed by atoms with van der Waals surface area (Å²) >= 11 is 3.38. The van der Waals surface area contributed by atoms with E-state index in [-0.39, 0.29) is 11.4 Å². The fraction of sp³-hybridized carbons (Fsp3) is 0.231. The zero-order valence-electron chi connectivity index (χ0n) is 20.3. The molecule has 1 amide bonds. The first-order valence-corrected chi connectivity index (χ1v) is 13.4. The largest absolute Gasteiger partial charge is 0.493 e. The molecule has 0 fully saturated rings. The topological polar surface area (TPSA) is 97.3 Å². The third-order valence-electron chi connectivity index (χ3n) is 5.14. The fourth-order valence-electron chi connectivity index (χ4n) is 3.29.